The van der Waals surface area contributed by atoms with Gasteiger partial charge in [0.05, 0.1) is 4.88 Å². The second kappa shape index (κ2) is 7.45. The number of thiophene rings is 1. The summed E-state index contributed by atoms with van der Waals surface area (Å²) in [6, 6.07) is 7.96. The Labute approximate surface area is 156 Å². The molecule has 7 heteroatoms. The standard InChI is InChI=1S/C19H22FN3O2S/c1-13-10-16(26-12-13)17(24)23-8-6-19(7-9-23,18(25)21-2)22-15-5-3-4-14(20)11-15/h3-5,10-12,22H,6-9H2,1-2H3,(H,21,25). The summed E-state index contributed by atoms with van der Waals surface area (Å²) in [7, 11) is 1.59. The number of halogens is 1. The average Bonchev–Trinajstić information content (AvgIpc) is 3.07. The van der Waals surface area contributed by atoms with Crippen molar-refractivity contribution in [3.63, 3.8) is 0 Å². The predicted octanol–water partition coefficient (Wildman–Crippen LogP) is 3.03. The van der Waals surface area contributed by atoms with Crippen LogP contribution in [-0.4, -0.2) is 42.4 Å². The summed E-state index contributed by atoms with van der Waals surface area (Å²) >= 11 is 1.44. The van der Waals surface area contributed by atoms with Gasteiger partial charge in [-0.3, -0.25) is 9.59 Å². The van der Waals surface area contributed by atoms with E-state index >= 15 is 0 Å². The molecule has 138 valence electrons. The van der Waals surface area contributed by atoms with Gasteiger partial charge in [0.1, 0.15) is 11.4 Å². The number of anilines is 1. The minimum atomic E-state index is -0.856. The Morgan fingerprint density at radius 2 is 1.96 bits per heavy atom. The molecular formula is C19H22FN3O2S. The molecule has 1 fully saturated rings. The van der Waals surface area contributed by atoms with Gasteiger partial charge in [-0.1, -0.05) is 6.07 Å². The fourth-order valence-electron chi connectivity index (χ4n) is 3.28. The first kappa shape index (κ1) is 18.4. The van der Waals surface area contributed by atoms with Gasteiger partial charge in [-0.05, 0) is 55.0 Å². The maximum atomic E-state index is 13.5. The normalized spacial score (nSPS) is 16.2. The van der Waals surface area contributed by atoms with E-state index in [0.29, 0.717) is 36.5 Å². The van der Waals surface area contributed by atoms with Crippen LogP contribution in [0, 0.1) is 12.7 Å². The molecule has 0 radical (unpaired) electrons. The molecule has 1 saturated heterocycles. The Morgan fingerprint density at radius 1 is 1.23 bits per heavy atom. The molecule has 0 bridgehead atoms. The highest BCUT2D eigenvalue weighted by molar-refractivity contribution is 7.12. The molecular weight excluding hydrogens is 353 g/mol. The first-order chi connectivity index (χ1) is 12.4. The first-order valence-corrected chi connectivity index (χ1v) is 9.42. The van der Waals surface area contributed by atoms with Crippen LogP contribution in [0.15, 0.2) is 35.7 Å². The van der Waals surface area contributed by atoms with Crippen LogP contribution < -0.4 is 10.6 Å². The van der Waals surface area contributed by atoms with E-state index < -0.39 is 5.54 Å². The molecule has 3 rings (SSSR count). The largest absolute Gasteiger partial charge is 0.371 e. The zero-order chi connectivity index (χ0) is 18.7. The van der Waals surface area contributed by atoms with Crippen LogP contribution in [0.25, 0.3) is 0 Å². The monoisotopic (exact) mass is 375 g/mol. The maximum Gasteiger partial charge on any atom is 0.263 e. The van der Waals surface area contributed by atoms with Crippen LogP contribution in [0.2, 0.25) is 0 Å². The van der Waals surface area contributed by atoms with E-state index in [0.717, 1.165) is 5.56 Å². The first-order valence-electron chi connectivity index (χ1n) is 8.54. The molecule has 2 heterocycles. The van der Waals surface area contributed by atoms with Crippen LogP contribution >= 0.6 is 11.3 Å². The lowest BCUT2D eigenvalue weighted by atomic mass is 9.86. The van der Waals surface area contributed by atoms with Crippen LogP contribution in [0.1, 0.15) is 28.1 Å². The van der Waals surface area contributed by atoms with E-state index in [4.69, 9.17) is 0 Å². The molecule has 2 amide bonds. The topological polar surface area (TPSA) is 61.4 Å². The van der Waals surface area contributed by atoms with E-state index in [1.165, 1.54) is 23.5 Å². The van der Waals surface area contributed by atoms with Crippen molar-refractivity contribution in [1.29, 1.82) is 0 Å². The van der Waals surface area contributed by atoms with Crippen LogP contribution in [0.3, 0.4) is 0 Å². The second-order valence-electron chi connectivity index (χ2n) is 6.58. The van der Waals surface area contributed by atoms with Crippen molar-refractivity contribution in [3.8, 4) is 0 Å². The average molecular weight is 375 g/mol. The van der Waals surface area contributed by atoms with Gasteiger partial charge in [-0.2, -0.15) is 0 Å². The van der Waals surface area contributed by atoms with Crippen molar-refractivity contribution in [1.82, 2.24) is 10.2 Å². The van der Waals surface area contributed by atoms with Crippen molar-refractivity contribution in [3.05, 3.63) is 52.0 Å². The van der Waals surface area contributed by atoms with E-state index in [9.17, 15) is 14.0 Å². The van der Waals surface area contributed by atoms with Gasteiger partial charge in [-0.15, -0.1) is 11.3 Å². The van der Waals surface area contributed by atoms with Gasteiger partial charge in [0, 0.05) is 25.8 Å². The molecule has 0 aliphatic carbocycles. The van der Waals surface area contributed by atoms with E-state index in [1.54, 1.807) is 24.1 Å². The number of nitrogens with zero attached hydrogens (tertiary/aromatic N) is 1. The molecule has 0 atom stereocenters. The lowest BCUT2D eigenvalue weighted by Gasteiger charge is -2.41. The Kier molecular flexibility index (Phi) is 5.27. The van der Waals surface area contributed by atoms with Crippen molar-refractivity contribution in [2.45, 2.75) is 25.3 Å². The fourth-order valence-corrected chi connectivity index (χ4v) is 4.15. The fraction of sp³-hybridized carbons (Fsp3) is 0.368. The Morgan fingerprint density at radius 3 is 2.54 bits per heavy atom. The van der Waals surface area contributed by atoms with Crippen LogP contribution in [0.4, 0.5) is 10.1 Å². The summed E-state index contributed by atoms with van der Waals surface area (Å²) in [6.07, 6.45) is 0.915. The number of carbonyl (C=O) groups excluding carboxylic acids is 2. The zero-order valence-corrected chi connectivity index (χ0v) is 15.7. The van der Waals surface area contributed by atoms with Crippen molar-refractivity contribution in [2.24, 2.45) is 0 Å². The van der Waals surface area contributed by atoms with E-state index in [-0.39, 0.29) is 17.6 Å². The molecule has 2 aromatic rings. The maximum absolute atomic E-state index is 13.5. The molecule has 2 N–H and O–H groups in total. The molecule has 26 heavy (non-hydrogen) atoms. The minimum Gasteiger partial charge on any atom is -0.371 e. The molecule has 1 aliphatic rings. The highest BCUT2D eigenvalue weighted by Crippen LogP contribution is 2.29. The van der Waals surface area contributed by atoms with Crippen molar-refractivity contribution in [2.75, 3.05) is 25.5 Å². The van der Waals surface area contributed by atoms with E-state index in [2.05, 4.69) is 10.6 Å². The van der Waals surface area contributed by atoms with Crippen molar-refractivity contribution < 1.29 is 14.0 Å². The van der Waals surface area contributed by atoms with Gasteiger partial charge in [-0.25, -0.2) is 4.39 Å². The number of rotatable bonds is 4. The summed E-state index contributed by atoms with van der Waals surface area (Å²) in [6.45, 7) is 2.89. The third kappa shape index (κ3) is 3.72. The molecule has 1 aliphatic heterocycles. The molecule has 0 spiro atoms. The number of benzene rings is 1. The van der Waals surface area contributed by atoms with Crippen molar-refractivity contribution >= 4 is 28.8 Å². The van der Waals surface area contributed by atoms with Gasteiger partial charge >= 0.3 is 0 Å². The molecule has 0 unspecified atom stereocenters. The van der Waals surface area contributed by atoms with E-state index in [1.807, 2.05) is 18.4 Å². The lowest BCUT2D eigenvalue weighted by Crippen LogP contribution is -2.58. The van der Waals surface area contributed by atoms with Gasteiger partial charge in [0.15, 0.2) is 0 Å². The van der Waals surface area contributed by atoms with Crippen LogP contribution in [0.5, 0.6) is 0 Å². The third-order valence-corrected chi connectivity index (χ3v) is 5.75. The summed E-state index contributed by atoms with van der Waals surface area (Å²) in [5.74, 6) is -0.511. The minimum absolute atomic E-state index is 0.000591. The Hall–Kier alpha value is -2.41. The number of amides is 2. The summed E-state index contributed by atoms with van der Waals surface area (Å²) in [4.78, 5) is 27.7. The highest BCUT2D eigenvalue weighted by atomic mass is 32.1. The zero-order valence-electron chi connectivity index (χ0n) is 14.8. The number of nitrogens with one attached hydrogen (secondary N) is 2. The number of likely N-dealkylation sites (N-methyl/N-ethyl adjacent to an activating group) is 1. The number of piperidine rings is 1. The Bertz CT molecular complexity index is 813. The van der Waals surface area contributed by atoms with Gasteiger partial charge < -0.3 is 15.5 Å². The SMILES string of the molecule is CNC(=O)C1(Nc2cccc(F)c2)CCN(C(=O)c2cc(C)cs2)CC1. The number of carbonyl (C=O) groups is 2. The second-order valence-corrected chi connectivity index (χ2v) is 7.49. The predicted molar refractivity (Wildman–Crippen MR) is 101 cm³/mol. The quantitative estimate of drug-likeness (QED) is 0.864. The van der Waals surface area contributed by atoms with Gasteiger partial charge in [0.2, 0.25) is 5.91 Å². The number of likely N-dealkylation sites (tertiary alicyclic amines) is 1. The van der Waals surface area contributed by atoms with Crippen LogP contribution in [-0.2, 0) is 4.79 Å². The van der Waals surface area contributed by atoms with Gasteiger partial charge in [0.25, 0.3) is 5.91 Å². The third-order valence-electron chi connectivity index (χ3n) is 4.72. The summed E-state index contributed by atoms with van der Waals surface area (Å²) in [5, 5.41) is 7.85. The molecule has 5 nitrogen and oxygen atoms in total. The number of hydrogen-bond donors (Lipinski definition) is 2. The molecule has 0 saturated carbocycles. The number of hydrogen-bond acceptors (Lipinski definition) is 4. The highest BCUT2D eigenvalue weighted by Gasteiger charge is 2.42. The smallest absolute Gasteiger partial charge is 0.263 e. The molecule has 1 aromatic heterocycles. The molecule has 1 aromatic carbocycles. The Balaban J connectivity index is 1.75. The summed E-state index contributed by atoms with van der Waals surface area (Å²) in [5.41, 5.74) is 0.773. The summed E-state index contributed by atoms with van der Waals surface area (Å²) < 4.78 is 13.5. The number of aryl methyl sites for hydroxylation is 1. The lowest BCUT2D eigenvalue weighted by molar-refractivity contribution is -0.126.